The van der Waals surface area contributed by atoms with Crippen molar-refractivity contribution in [2.75, 3.05) is 0 Å². The maximum atomic E-state index is 11.5. The highest BCUT2D eigenvalue weighted by molar-refractivity contribution is 6.30. The number of ketones is 1. The Morgan fingerprint density at radius 2 is 2.19 bits per heavy atom. The summed E-state index contributed by atoms with van der Waals surface area (Å²) in [5, 5.41) is 10.3. The number of halogens is 1. The minimum Gasteiger partial charge on any atom is -0.448 e. The van der Waals surface area contributed by atoms with Crippen molar-refractivity contribution in [1.29, 1.82) is 0 Å². The molecule has 0 spiro atoms. The molecule has 5 heteroatoms. The first-order valence-corrected chi connectivity index (χ1v) is 5.07. The zero-order valence-electron chi connectivity index (χ0n) is 8.44. The van der Waals surface area contributed by atoms with Crippen LogP contribution in [0.4, 0.5) is 0 Å². The van der Waals surface area contributed by atoms with Crippen molar-refractivity contribution in [2.24, 2.45) is 0 Å². The maximum Gasteiger partial charge on any atom is 0.339 e. The number of aliphatic hydroxyl groups is 1. The smallest absolute Gasteiger partial charge is 0.339 e. The van der Waals surface area contributed by atoms with Crippen molar-refractivity contribution < 1.29 is 19.4 Å². The van der Waals surface area contributed by atoms with Crippen molar-refractivity contribution in [2.45, 2.75) is 19.1 Å². The molecule has 1 aliphatic heterocycles. The molecular formula is C11H9ClO4. The number of Topliss-reactive ketones (excluding diaryl/α,β-unsaturated/α-hetero) is 1. The third kappa shape index (κ3) is 1.70. The molecule has 1 N–H and O–H groups in total. The van der Waals surface area contributed by atoms with E-state index in [0.717, 1.165) is 0 Å². The Kier molecular flexibility index (Phi) is 2.69. The molecular weight excluding hydrogens is 232 g/mol. The first-order valence-electron chi connectivity index (χ1n) is 4.69. The Hall–Kier alpha value is -1.39. The summed E-state index contributed by atoms with van der Waals surface area (Å²) in [6.07, 6.45) is -2.29. The molecule has 0 aliphatic carbocycles. The number of fused-ring (bicyclic) bond motifs is 1. The second-order valence-electron chi connectivity index (χ2n) is 3.61. The van der Waals surface area contributed by atoms with Crippen LogP contribution in [-0.4, -0.2) is 23.0 Å². The molecule has 84 valence electrons. The Bertz CT molecular complexity index is 469. The van der Waals surface area contributed by atoms with Crippen molar-refractivity contribution >= 4 is 23.4 Å². The Labute approximate surface area is 96.8 Å². The van der Waals surface area contributed by atoms with E-state index in [0.29, 0.717) is 10.6 Å². The number of hydrogen-bond acceptors (Lipinski definition) is 4. The van der Waals surface area contributed by atoms with E-state index in [4.69, 9.17) is 16.3 Å². The van der Waals surface area contributed by atoms with Crippen LogP contribution >= 0.6 is 11.6 Å². The minimum atomic E-state index is -1.15. The summed E-state index contributed by atoms with van der Waals surface area (Å²) in [6, 6.07) is 4.47. The molecule has 2 atom stereocenters. The fourth-order valence-electron chi connectivity index (χ4n) is 1.68. The fraction of sp³-hybridized carbons (Fsp3) is 0.273. The molecule has 16 heavy (non-hydrogen) atoms. The number of benzene rings is 1. The van der Waals surface area contributed by atoms with Gasteiger partial charge in [-0.05, 0) is 25.1 Å². The van der Waals surface area contributed by atoms with Gasteiger partial charge in [0.25, 0.3) is 0 Å². The quantitative estimate of drug-likeness (QED) is 0.756. The van der Waals surface area contributed by atoms with Crippen molar-refractivity contribution in [3.05, 3.63) is 34.3 Å². The van der Waals surface area contributed by atoms with E-state index >= 15 is 0 Å². The standard InChI is InChI=1S/C11H9ClO4/c1-5(13)10-9(14)8-4-6(12)2-3-7(8)11(15)16-10/h2-4,9-10,14H,1H3/t9-,10+/m1/s1. The van der Waals surface area contributed by atoms with Crippen LogP contribution in [0, 0.1) is 0 Å². The SMILES string of the molecule is CC(=O)[C@@H]1OC(=O)c2ccc(Cl)cc2[C@H]1O. The number of carbonyl (C=O) groups is 2. The molecule has 0 amide bonds. The molecule has 1 heterocycles. The predicted octanol–water partition coefficient (Wildman–Crippen LogP) is 1.50. The number of rotatable bonds is 1. The zero-order valence-corrected chi connectivity index (χ0v) is 9.19. The summed E-state index contributed by atoms with van der Waals surface area (Å²) < 4.78 is 4.84. The van der Waals surface area contributed by atoms with Crippen LogP contribution in [0.3, 0.4) is 0 Å². The third-order valence-corrected chi connectivity index (χ3v) is 2.71. The van der Waals surface area contributed by atoms with E-state index < -0.39 is 24.0 Å². The second-order valence-corrected chi connectivity index (χ2v) is 4.05. The number of aliphatic hydroxyl groups excluding tert-OH is 1. The number of esters is 1. The van der Waals surface area contributed by atoms with Gasteiger partial charge < -0.3 is 9.84 Å². The van der Waals surface area contributed by atoms with Gasteiger partial charge in [0.1, 0.15) is 6.10 Å². The summed E-state index contributed by atoms with van der Waals surface area (Å²) in [5.74, 6) is -1.01. The van der Waals surface area contributed by atoms with E-state index in [2.05, 4.69) is 0 Å². The van der Waals surface area contributed by atoms with Crippen LogP contribution in [0.1, 0.15) is 28.9 Å². The molecule has 0 radical (unpaired) electrons. The lowest BCUT2D eigenvalue weighted by Crippen LogP contribution is -2.37. The summed E-state index contributed by atoms with van der Waals surface area (Å²) in [5.41, 5.74) is 0.582. The highest BCUT2D eigenvalue weighted by Crippen LogP contribution is 2.31. The van der Waals surface area contributed by atoms with Gasteiger partial charge in [0.15, 0.2) is 11.9 Å². The van der Waals surface area contributed by atoms with Crippen LogP contribution in [-0.2, 0) is 9.53 Å². The van der Waals surface area contributed by atoms with Crippen molar-refractivity contribution in [1.82, 2.24) is 0 Å². The maximum absolute atomic E-state index is 11.5. The summed E-state index contributed by atoms with van der Waals surface area (Å²) in [6.45, 7) is 1.26. The van der Waals surface area contributed by atoms with Gasteiger partial charge in [0.05, 0.1) is 5.56 Å². The molecule has 0 bridgehead atoms. The lowest BCUT2D eigenvalue weighted by Gasteiger charge is -2.27. The average molecular weight is 241 g/mol. The van der Waals surface area contributed by atoms with Gasteiger partial charge in [0, 0.05) is 10.6 Å². The Morgan fingerprint density at radius 3 is 2.81 bits per heavy atom. The van der Waals surface area contributed by atoms with Crippen molar-refractivity contribution in [3.63, 3.8) is 0 Å². The van der Waals surface area contributed by atoms with Gasteiger partial charge in [-0.3, -0.25) is 4.79 Å². The largest absolute Gasteiger partial charge is 0.448 e. The average Bonchev–Trinajstić information content (AvgIpc) is 2.22. The fourth-order valence-corrected chi connectivity index (χ4v) is 1.86. The molecule has 0 aromatic heterocycles. The van der Waals surface area contributed by atoms with E-state index in [9.17, 15) is 14.7 Å². The number of hydrogen-bond donors (Lipinski definition) is 1. The van der Waals surface area contributed by atoms with E-state index in [1.165, 1.54) is 25.1 Å². The zero-order chi connectivity index (χ0) is 11.9. The normalized spacial score (nSPS) is 23.6. The van der Waals surface area contributed by atoms with Crippen LogP contribution < -0.4 is 0 Å². The van der Waals surface area contributed by atoms with Gasteiger partial charge in [-0.1, -0.05) is 11.6 Å². The van der Waals surface area contributed by atoms with E-state index in [-0.39, 0.29) is 5.56 Å². The first-order chi connectivity index (χ1) is 7.50. The van der Waals surface area contributed by atoms with Crippen LogP contribution in [0.15, 0.2) is 18.2 Å². The van der Waals surface area contributed by atoms with Gasteiger partial charge in [-0.2, -0.15) is 0 Å². The van der Waals surface area contributed by atoms with E-state index in [1.54, 1.807) is 0 Å². The Balaban J connectivity index is 2.52. The number of ether oxygens (including phenoxy) is 1. The van der Waals surface area contributed by atoms with Crippen molar-refractivity contribution in [3.8, 4) is 0 Å². The molecule has 4 nitrogen and oxygen atoms in total. The molecule has 0 fully saturated rings. The Morgan fingerprint density at radius 1 is 1.50 bits per heavy atom. The predicted molar refractivity (Wildman–Crippen MR) is 56.3 cm³/mol. The molecule has 1 aromatic rings. The summed E-state index contributed by atoms with van der Waals surface area (Å²) >= 11 is 5.77. The molecule has 0 saturated heterocycles. The van der Waals surface area contributed by atoms with Crippen LogP contribution in [0.2, 0.25) is 5.02 Å². The van der Waals surface area contributed by atoms with Crippen LogP contribution in [0.5, 0.6) is 0 Å². The topological polar surface area (TPSA) is 63.6 Å². The lowest BCUT2D eigenvalue weighted by atomic mass is 9.94. The van der Waals surface area contributed by atoms with Gasteiger partial charge in [-0.15, -0.1) is 0 Å². The van der Waals surface area contributed by atoms with Gasteiger partial charge in [-0.25, -0.2) is 4.79 Å². The number of carbonyl (C=O) groups excluding carboxylic acids is 2. The minimum absolute atomic E-state index is 0.245. The molecule has 0 saturated carbocycles. The number of cyclic esters (lactones) is 1. The highest BCUT2D eigenvalue weighted by Gasteiger charge is 2.37. The summed E-state index contributed by atoms with van der Waals surface area (Å²) in [4.78, 5) is 22.7. The van der Waals surface area contributed by atoms with Crippen LogP contribution in [0.25, 0.3) is 0 Å². The van der Waals surface area contributed by atoms with E-state index in [1.807, 2.05) is 0 Å². The van der Waals surface area contributed by atoms with Gasteiger partial charge >= 0.3 is 5.97 Å². The highest BCUT2D eigenvalue weighted by atomic mass is 35.5. The van der Waals surface area contributed by atoms with Gasteiger partial charge in [0.2, 0.25) is 0 Å². The third-order valence-electron chi connectivity index (χ3n) is 2.47. The monoisotopic (exact) mass is 240 g/mol. The lowest BCUT2D eigenvalue weighted by molar-refractivity contribution is -0.132. The molecule has 1 aliphatic rings. The second kappa shape index (κ2) is 3.88. The summed E-state index contributed by atoms with van der Waals surface area (Å²) in [7, 11) is 0. The molecule has 2 rings (SSSR count). The molecule has 0 unspecified atom stereocenters. The first kappa shape index (κ1) is 11.1. The molecule has 1 aromatic carbocycles.